The largest absolute Gasteiger partial charge is 0.327 e. The van der Waals surface area contributed by atoms with Gasteiger partial charge in [-0.25, -0.2) is 12.7 Å². The van der Waals surface area contributed by atoms with Gasteiger partial charge in [-0.3, -0.25) is 0 Å². The quantitative estimate of drug-likeness (QED) is 0.752. The lowest BCUT2D eigenvalue weighted by atomic mass is 10.1. The zero-order valence-corrected chi connectivity index (χ0v) is 9.59. The molecule has 0 aliphatic carbocycles. The highest BCUT2D eigenvalue weighted by atomic mass is 32.2. The van der Waals surface area contributed by atoms with Crippen molar-refractivity contribution >= 4 is 10.0 Å². The van der Waals surface area contributed by atoms with E-state index < -0.39 is 10.0 Å². The second-order valence-corrected chi connectivity index (χ2v) is 6.02. The normalized spacial score (nSPS) is 25.1. The molecule has 1 aliphatic rings. The van der Waals surface area contributed by atoms with E-state index in [1.807, 2.05) is 6.92 Å². The van der Waals surface area contributed by atoms with Crippen LogP contribution in [0, 0.1) is 0 Å². The third-order valence-corrected chi connectivity index (χ3v) is 4.49. The Hall–Kier alpha value is -0.130. The molecule has 1 aliphatic heterocycles. The summed E-state index contributed by atoms with van der Waals surface area (Å²) in [5.74, 6) is 0.274. The number of hydrogen-bond donors (Lipinski definition) is 1. The minimum Gasteiger partial charge on any atom is -0.327 e. The third-order valence-electron chi connectivity index (χ3n) is 2.57. The van der Waals surface area contributed by atoms with Gasteiger partial charge in [-0.05, 0) is 19.3 Å². The fraction of sp³-hybridized carbons (Fsp3) is 1.00. The van der Waals surface area contributed by atoms with E-state index in [1.54, 1.807) is 4.31 Å². The van der Waals surface area contributed by atoms with Crippen molar-refractivity contribution in [2.75, 3.05) is 18.8 Å². The Bertz CT molecular complexity index is 264. The van der Waals surface area contributed by atoms with E-state index in [0.717, 1.165) is 25.7 Å². The Morgan fingerprint density at radius 2 is 2.21 bits per heavy atom. The van der Waals surface area contributed by atoms with Gasteiger partial charge in [0.1, 0.15) is 0 Å². The molecule has 0 aromatic carbocycles. The summed E-state index contributed by atoms with van der Waals surface area (Å²) in [5.41, 5.74) is 5.74. The lowest BCUT2D eigenvalue weighted by Crippen LogP contribution is -2.46. The molecule has 1 heterocycles. The Morgan fingerprint density at radius 1 is 1.50 bits per heavy atom. The number of nitrogens with two attached hydrogens (primary N) is 1. The third kappa shape index (κ3) is 3.22. The molecule has 0 amide bonds. The fourth-order valence-electron chi connectivity index (χ4n) is 1.68. The summed E-state index contributed by atoms with van der Waals surface area (Å²) in [4.78, 5) is 0. The Kier molecular flexibility index (Phi) is 4.34. The lowest BCUT2D eigenvalue weighted by Gasteiger charge is -2.29. The van der Waals surface area contributed by atoms with E-state index >= 15 is 0 Å². The second-order valence-electron chi connectivity index (χ2n) is 3.93. The molecule has 0 unspecified atom stereocenters. The molecule has 1 fully saturated rings. The standard InChI is InChI=1S/C9H20N2O2S/c1-2-3-7-14(12,13)11-6-4-5-9(10)8-11/h9H,2-8,10H2,1H3/t9-/m1/s1. The van der Waals surface area contributed by atoms with Crippen molar-refractivity contribution in [2.45, 2.75) is 38.6 Å². The molecule has 0 spiro atoms. The van der Waals surface area contributed by atoms with Crippen LogP contribution in [-0.4, -0.2) is 37.6 Å². The van der Waals surface area contributed by atoms with Crippen molar-refractivity contribution in [3.8, 4) is 0 Å². The first-order valence-corrected chi connectivity index (χ1v) is 6.90. The molecule has 14 heavy (non-hydrogen) atoms. The predicted molar refractivity (Wildman–Crippen MR) is 57.5 cm³/mol. The molecule has 0 radical (unpaired) electrons. The zero-order chi connectivity index (χ0) is 10.6. The first-order valence-electron chi connectivity index (χ1n) is 5.29. The van der Waals surface area contributed by atoms with Crippen LogP contribution in [0.15, 0.2) is 0 Å². The summed E-state index contributed by atoms with van der Waals surface area (Å²) < 4.78 is 25.1. The maximum Gasteiger partial charge on any atom is 0.214 e. The number of hydrogen-bond acceptors (Lipinski definition) is 3. The molecule has 5 heteroatoms. The fourth-order valence-corrected chi connectivity index (χ4v) is 3.42. The number of nitrogens with zero attached hydrogens (tertiary/aromatic N) is 1. The summed E-state index contributed by atoms with van der Waals surface area (Å²) in [6.45, 7) is 3.16. The minimum absolute atomic E-state index is 0.0279. The van der Waals surface area contributed by atoms with Crippen LogP contribution in [0.2, 0.25) is 0 Å². The zero-order valence-electron chi connectivity index (χ0n) is 8.78. The van der Waals surface area contributed by atoms with Gasteiger partial charge in [0.25, 0.3) is 0 Å². The predicted octanol–water partition coefficient (Wildman–Crippen LogP) is 0.539. The van der Waals surface area contributed by atoms with E-state index in [1.165, 1.54) is 0 Å². The van der Waals surface area contributed by atoms with Crippen LogP contribution >= 0.6 is 0 Å². The van der Waals surface area contributed by atoms with Gasteiger partial charge in [0, 0.05) is 19.1 Å². The molecular weight excluding hydrogens is 200 g/mol. The highest BCUT2D eigenvalue weighted by Crippen LogP contribution is 2.13. The van der Waals surface area contributed by atoms with Crippen molar-refractivity contribution in [2.24, 2.45) is 5.73 Å². The SMILES string of the molecule is CCCCS(=O)(=O)N1CCC[C@@H](N)C1. The Labute approximate surface area is 86.5 Å². The summed E-state index contributed by atoms with van der Waals surface area (Å²) in [6, 6.07) is 0.0279. The van der Waals surface area contributed by atoms with Crippen LogP contribution in [0.1, 0.15) is 32.6 Å². The number of unbranched alkanes of at least 4 members (excludes halogenated alkanes) is 1. The first-order chi connectivity index (χ1) is 6.56. The van der Waals surface area contributed by atoms with Crippen LogP contribution in [0.5, 0.6) is 0 Å². The number of piperidine rings is 1. The maximum absolute atomic E-state index is 11.8. The molecule has 4 nitrogen and oxygen atoms in total. The molecule has 0 saturated carbocycles. The van der Waals surface area contributed by atoms with Crippen LogP contribution in [-0.2, 0) is 10.0 Å². The van der Waals surface area contributed by atoms with Crippen molar-refractivity contribution in [3.63, 3.8) is 0 Å². The van der Waals surface area contributed by atoms with Gasteiger partial charge in [0.05, 0.1) is 5.75 Å². The van der Waals surface area contributed by atoms with Gasteiger partial charge in [-0.1, -0.05) is 13.3 Å². The summed E-state index contributed by atoms with van der Waals surface area (Å²) in [6.07, 6.45) is 3.50. The monoisotopic (exact) mass is 220 g/mol. The average molecular weight is 220 g/mol. The van der Waals surface area contributed by atoms with E-state index in [2.05, 4.69) is 0 Å². The molecule has 0 aromatic rings. The summed E-state index contributed by atoms with van der Waals surface area (Å²) >= 11 is 0. The van der Waals surface area contributed by atoms with Crippen LogP contribution < -0.4 is 5.73 Å². The molecule has 0 bridgehead atoms. The summed E-state index contributed by atoms with van der Waals surface area (Å²) in [7, 11) is -3.03. The van der Waals surface area contributed by atoms with Gasteiger partial charge in [0.15, 0.2) is 0 Å². The second kappa shape index (κ2) is 5.09. The van der Waals surface area contributed by atoms with Crippen molar-refractivity contribution in [1.29, 1.82) is 0 Å². The topological polar surface area (TPSA) is 63.4 Å². The molecule has 2 N–H and O–H groups in total. The van der Waals surface area contributed by atoms with Gasteiger partial charge in [-0.2, -0.15) is 0 Å². The van der Waals surface area contributed by atoms with Crippen molar-refractivity contribution in [1.82, 2.24) is 4.31 Å². The highest BCUT2D eigenvalue weighted by molar-refractivity contribution is 7.89. The molecule has 1 atom stereocenters. The first kappa shape index (κ1) is 11.9. The van der Waals surface area contributed by atoms with Gasteiger partial charge < -0.3 is 5.73 Å². The molecule has 1 rings (SSSR count). The average Bonchev–Trinajstić information content (AvgIpc) is 2.15. The van der Waals surface area contributed by atoms with Crippen LogP contribution in [0.3, 0.4) is 0 Å². The van der Waals surface area contributed by atoms with Gasteiger partial charge >= 0.3 is 0 Å². The van der Waals surface area contributed by atoms with Crippen molar-refractivity contribution in [3.05, 3.63) is 0 Å². The van der Waals surface area contributed by atoms with E-state index in [4.69, 9.17) is 5.73 Å². The molecular formula is C9H20N2O2S. The van der Waals surface area contributed by atoms with Crippen LogP contribution in [0.4, 0.5) is 0 Å². The van der Waals surface area contributed by atoms with E-state index in [-0.39, 0.29) is 11.8 Å². The number of sulfonamides is 1. The van der Waals surface area contributed by atoms with Crippen LogP contribution in [0.25, 0.3) is 0 Å². The van der Waals surface area contributed by atoms with E-state index in [0.29, 0.717) is 13.1 Å². The van der Waals surface area contributed by atoms with Gasteiger partial charge in [-0.15, -0.1) is 0 Å². The molecule has 0 aromatic heterocycles. The molecule has 84 valence electrons. The Balaban J connectivity index is 2.53. The van der Waals surface area contributed by atoms with Gasteiger partial charge in [0.2, 0.25) is 10.0 Å². The lowest BCUT2D eigenvalue weighted by molar-refractivity contribution is 0.316. The highest BCUT2D eigenvalue weighted by Gasteiger charge is 2.26. The van der Waals surface area contributed by atoms with E-state index in [9.17, 15) is 8.42 Å². The summed E-state index contributed by atoms with van der Waals surface area (Å²) in [5, 5.41) is 0. The van der Waals surface area contributed by atoms with Crippen molar-refractivity contribution < 1.29 is 8.42 Å². The number of rotatable bonds is 4. The minimum atomic E-state index is -3.03. The smallest absolute Gasteiger partial charge is 0.214 e. The maximum atomic E-state index is 11.8. The Morgan fingerprint density at radius 3 is 2.79 bits per heavy atom. The molecule has 1 saturated heterocycles.